The molecule has 1 aliphatic carbocycles. The van der Waals surface area contributed by atoms with Crippen LogP contribution < -0.4 is 16.4 Å². The molecule has 34 heavy (non-hydrogen) atoms. The number of nitrogens with two attached hydrogens (primary N) is 1. The summed E-state index contributed by atoms with van der Waals surface area (Å²) in [4.78, 5) is 18.5. The van der Waals surface area contributed by atoms with Crippen molar-refractivity contribution in [3.63, 3.8) is 0 Å². The van der Waals surface area contributed by atoms with Gasteiger partial charge in [-0.05, 0) is 80.0 Å². The van der Waals surface area contributed by atoms with Crippen LogP contribution in [0.5, 0.6) is 0 Å². The Kier molecular flexibility index (Phi) is 10.5. The lowest BCUT2D eigenvalue weighted by atomic mass is 9.87. The van der Waals surface area contributed by atoms with Crippen molar-refractivity contribution in [3.8, 4) is 0 Å². The third kappa shape index (κ3) is 7.84. The molecule has 0 saturated carbocycles. The van der Waals surface area contributed by atoms with Gasteiger partial charge < -0.3 is 25.8 Å². The average Bonchev–Trinajstić information content (AvgIpc) is 2.84. The summed E-state index contributed by atoms with van der Waals surface area (Å²) in [5.41, 5.74) is 10.5. The molecule has 1 heterocycles. The van der Waals surface area contributed by atoms with Crippen LogP contribution in [0.1, 0.15) is 24.0 Å². The van der Waals surface area contributed by atoms with Gasteiger partial charge in [0.25, 0.3) is 0 Å². The Morgan fingerprint density at radius 3 is 2.62 bits per heavy atom. The molecular formula is C26H39ClN5OP. The third-order valence-electron chi connectivity index (χ3n) is 6.81. The SMILES string of the molecule is CN1CCN(CCCN(C=O)C2CCc3ccc(N)cc3C2)CC1.CNc1ccc(P)c(Cl)c1. The van der Waals surface area contributed by atoms with Gasteiger partial charge in [-0.25, -0.2) is 0 Å². The maximum atomic E-state index is 11.6. The number of amides is 1. The molecule has 0 bridgehead atoms. The molecule has 2 unspecified atom stereocenters. The van der Waals surface area contributed by atoms with E-state index in [4.69, 9.17) is 17.3 Å². The number of rotatable bonds is 7. The molecule has 6 nitrogen and oxygen atoms in total. The van der Waals surface area contributed by atoms with Gasteiger partial charge in [0.05, 0.1) is 0 Å². The number of piperazine rings is 1. The minimum atomic E-state index is 0.323. The summed E-state index contributed by atoms with van der Waals surface area (Å²) in [6, 6.07) is 12.3. The molecule has 2 aromatic rings. The zero-order valence-corrected chi connectivity index (χ0v) is 22.4. The number of hydrogen-bond donors (Lipinski definition) is 2. The van der Waals surface area contributed by atoms with Gasteiger partial charge >= 0.3 is 0 Å². The van der Waals surface area contributed by atoms with Crippen LogP contribution in [0.15, 0.2) is 36.4 Å². The van der Waals surface area contributed by atoms with Crippen LogP contribution in [0.3, 0.4) is 0 Å². The molecule has 1 amide bonds. The van der Waals surface area contributed by atoms with Gasteiger partial charge in [0, 0.05) is 62.2 Å². The van der Waals surface area contributed by atoms with Crippen LogP contribution in [-0.4, -0.2) is 80.5 Å². The minimum Gasteiger partial charge on any atom is -0.399 e. The average molecular weight is 504 g/mol. The van der Waals surface area contributed by atoms with E-state index in [2.05, 4.69) is 43.5 Å². The fourth-order valence-electron chi connectivity index (χ4n) is 4.59. The summed E-state index contributed by atoms with van der Waals surface area (Å²) < 4.78 is 0. The van der Waals surface area contributed by atoms with Gasteiger partial charge in [0.15, 0.2) is 0 Å². The van der Waals surface area contributed by atoms with E-state index < -0.39 is 0 Å². The first kappa shape index (κ1) is 26.7. The Morgan fingerprint density at radius 2 is 1.94 bits per heavy atom. The van der Waals surface area contributed by atoms with Crippen LogP contribution in [0, 0.1) is 0 Å². The van der Waals surface area contributed by atoms with Gasteiger partial charge in [-0.3, -0.25) is 4.79 Å². The Bertz CT molecular complexity index is 935. The predicted molar refractivity (Wildman–Crippen MR) is 148 cm³/mol. The minimum absolute atomic E-state index is 0.323. The van der Waals surface area contributed by atoms with Gasteiger partial charge in [0.2, 0.25) is 6.41 Å². The standard InChI is InChI=1S/C19H30N4O.C7H9ClNP/c1-21-9-11-22(12-10-21)7-2-8-23(15-24)19-6-4-16-3-5-18(20)13-17(16)14-19;1-9-5-2-3-7(10)6(8)4-5/h3,5,13,15,19H,2,4,6-12,14,20H2,1H3;2-4,9H,10H2,1H3. The van der Waals surface area contributed by atoms with Gasteiger partial charge in [-0.1, -0.05) is 23.7 Å². The highest BCUT2D eigenvalue weighted by molar-refractivity contribution is 7.28. The van der Waals surface area contributed by atoms with Gasteiger partial charge in [-0.2, -0.15) is 0 Å². The van der Waals surface area contributed by atoms with E-state index in [-0.39, 0.29) is 0 Å². The molecular weight excluding hydrogens is 465 g/mol. The van der Waals surface area contributed by atoms with Crippen molar-refractivity contribution < 1.29 is 4.79 Å². The van der Waals surface area contributed by atoms with Gasteiger partial charge in [0.1, 0.15) is 0 Å². The highest BCUT2D eigenvalue weighted by Crippen LogP contribution is 2.26. The molecule has 2 aliphatic rings. The van der Waals surface area contributed by atoms with Crippen molar-refractivity contribution in [3.05, 3.63) is 52.5 Å². The molecule has 2 aromatic carbocycles. The fourth-order valence-corrected chi connectivity index (χ4v) is 4.95. The van der Waals surface area contributed by atoms with E-state index in [1.807, 2.05) is 36.2 Å². The largest absolute Gasteiger partial charge is 0.399 e. The lowest BCUT2D eigenvalue weighted by Gasteiger charge is -2.35. The second-order valence-electron chi connectivity index (χ2n) is 9.25. The first-order chi connectivity index (χ1) is 16.4. The van der Waals surface area contributed by atoms with Crippen molar-refractivity contribution >= 4 is 43.9 Å². The lowest BCUT2D eigenvalue weighted by Crippen LogP contribution is -2.45. The van der Waals surface area contributed by atoms with Crippen molar-refractivity contribution in [2.75, 3.05) is 64.4 Å². The van der Waals surface area contributed by atoms with Crippen molar-refractivity contribution in [2.24, 2.45) is 0 Å². The van der Waals surface area contributed by atoms with Crippen LogP contribution in [0.2, 0.25) is 5.02 Å². The number of halogens is 1. The summed E-state index contributed by atoms with van der Waals surface area (Å²) in [6.45, 7) is 6.55. The van der Waals surface area contributed by atoms with E-state index in [9.17, 15) is 4.79 Å². The number of nitrogens with one attached hydrogen (secondary N) is 1. The molecule has 0 aromatic heterocycles. The molecule has 2 atom stereocenters. The first-order valence-electron chi connectivity index (χ1n) is 12.1. The monoisotopic (exact) mass is 503 g/mol. The van der Waals surface area contributed by atoms with Crippen LogP contribution in [-0.2, 0) is 17.6 Å². The van der Waals surface area contributed by atoms with Crippen LogP contribution >= 0.6 is 20.8 Å². The molecule has 0 spiro atoms. The van der Waals surface area contributed by atoms with E-state index in [1.54, 1.807) is 0 Å². The van der Waals surface area contributed by atoms with Gasteiger partial charge in [-0.15, -0.1) is 9.24 Å². The summed E-state index contributed by atoms with van der Waals surface area (Å²) in [5.74, 6) is 0. The number of nitrogens with zero attached hydrogens (tertiary/aromatic N) is 3. The van der Waals surface area contributed by atoms with E-state index in [0.29, 0.717) is 6.04 Å². The maximum absolute atomic E-state index is 11.6. The summed E-state index contributed by atoms with van der Waals surface area (Å²) in [6.07, 6.45) is 5.15. The Morgan fingerprint density at radius 1 is 1.18 bits per heavy atom. The van der Waals surface area contributed by atoms with Crippen LogP contribution in [0.25, 0.3) is 0 Å². The van der Waals surface area contributed by atoms with E-state index in [0.717, 1.165) is 93.1 Å². The zero-order chi connectivity index (χ0) is 24.5. The summed E-state index contributed by atoms with van der Waals surface area (Å²) >= 11 is 5.83. The van der Waals surface area contributed by atoms with E-state index in [1.165, 1.54) is 11.1 Å². The topological polar surface area (TPSA) is 64.8 Å². The van der Waals surface area contributed by atoms with E-state index >= 15 is 0 Å². The number of likely N-dealkylation sites (N-methyl/N-ethyl adjacent to an activating group) is 1. The van der Waals surface area contributed by atoms with Crippen molar-refractivity contribution in [1.82, 2.24) is 14.7 Å². The highest BCUT2D eigenvalue weighted by Gasteiger charge is 2.23. The number of anilines is 2. The molecule has 1 fully saturated rings. The predicted octanol–water partition coefficient (Wildman–Crippen LogP) is 3.10. The lowest BCUT2D eigenvalue weighted by molar-refractivity contribution is -0.120. The second-order valence-corrected chi connectivity index (χ2v) is 10.3. The Balaban J connectivity index is 0.000000271. The molecule has 3 N–H and O–H groups in total. The molecule has 1 saturated heterocycles. The number of carbonyl (C=O) groups excluding carboxylic acids is 1. The van der Waals surface area contributed by atoms with Crippen molar-refractivity contribution in [1.29, 1.82) is 0 Å². The Hall–Kier alpha value is -1.85. The molecule has 4 rings (SSSR count). The zero-order valence-electron chi connectivity index (χ0n) is 20.5. The smallest absolute Gasteiger partial charge is 0.209 e. The van der Waals surface area contributed by atoms with Crippen LogP contribution in [0.4, 0.5) is 11.4 Å². The molecule has 8 heteroatoms. The number of benzene rings is 2. The van der Waals surface area contributed by atoms with Crippen molar-refractivity contribution in [2.45, 2.75) is 31.7 Å². The maximum Gasteiger partial charge on any atom is 0.209 e. The number of fused-ring (bicyclic) bond motifs is 1. The molecule has 186 valence electrons. The molecule has 0 radical (unpaired) electrons. The number of hydrogen-bond acceptors (Lipinski definition) is 5. The normalized spacial score (nSPS) is 18.4. The Labute approximate surface area is 212 Å². The second kappa shape index (κ2) is 13.3. The fraction of sp³-hybridized carbons (Fsp3) is 0.500. The summed E-state index contributed by atoms with van der Waals surface area (Å²) in [7, 11) is 6.62. The highest BCUT2D eigenvalue weighted by atomic mass is 35.5. The molecule has 1 aliphatic heterocycles. The summed E-state index contributed by atoms with van der Waals surface area (Å²) in [5, 5.41) is 4.80. The quantitative estimate of drug-likeness (QED) is 0.345. The first-order valence-corrected chi connectivity index (χ1v) is 13.1. The number of nitrogen functional groups attached to an aromatic ring is 1. The number of aryl methyl sites for hydroxylation is 1. The third-order valence-corrected chi connectivity index (χ3v) is 7.83. The number of carbonyl (C=O) groups is 1.